The average molecular weight is 433 g/mol. The summed E-state index contributed by atoms with van der Waals surface area (Å²) in [6, 6.07) is 8.57. The van der Waals surface area contributed by atoms with Crippen molar-refractivity contribution in [2.24, 2.45) is 0 Å². The van der Waals surface area contributed by atoms with Crippen LogP contribution in [0.2, 0.25) is 15.1 Å². The van der Waals surface area contributed by atoms with E-state index in [1.165, 1.54) is 30.3 Å². The number of carbonyl (C=O) groups excluding carboxylic acids is 1. The van der Waals surface area contributed by atoms with E-state index in [4.69, 9.17) is 34.8 Å². The summed E-state index contributed by atoms with van der Waals surface area (Å²) >= 11 is 17.8. The van der Waals surface area contributed by atoms with E-state index in [0.717, 1.165) is 0 Å². The van der Waals surface area contributed by atoms with Gasteiger partial charge < -0.3 is 10.4 Å². The summed E-state index contributed by atoms with van der Waals surface area (Å²) in [5, 5.41) is 14.0. The van der Waals surface area contributed by atoms with E-state index in [1.54, 1.807) is 6.07 Å². The number of amides is 1. The van der Waals surface area contributed by atoms with Crippen molar-refractivity contribution in [2.75, 3.05) is 11.1 Å². The van der Waals surface area contributed by atoms with Crippen LogP contribution in [0.1, 0.15) is 12.0 Å². The van der Waals surface area contributed by atoms with Gasteiger partial charge in [-0.25, -0.2) is 8.42 Å². The van der Waals surface area contributed by atoms with Crippen molar-refractivity contribution in [3.05, 3.63) is 62.6 Å². The fraction of sp³-hybridized carbons (Fsp3) is 0.118. The monoisotopic (exact) mass is 431 g/mol. The van der Waals surface area contributed by atoms with E-state index in [9.17, 15) is 18.3 Å². The number of hydrogen-bond donors (Lipinski definition) is 2. The number of sulfone groups is 1. The Kier molecular flexibility index (Phi) is 5.21. The van der Waals surface area contributed by atoms with Crippen molar-refractivity contribution in [1.29, 1.82) is 0 Å². The maximum atomic E-state index is 12.6. The summed E-state index contributed by atoms with van der Waals surface area (Å²) in [5.41, 5.74) is 0.225. The van der Waals surface area contributed by atoms with Gasteiger partial charge in [-0.1, -0.05) is 34.8 Å². The molecule has 1 amide bonds. The van der Waals surface area contributed by atoms with Gasteiger partial charge in [0.1, 0.15) is 5.76 Å². The lowest BCUT2D eigenvalue weighted by Crippen LogP contribution is -2.17. The molecule has 1 heterocycles. The Bertz CT molecular complexity index is 1050. The largest absolute Gasteiger partial charge is 0.507 e. The Morgan fingerprint density at radius 3 is 2.38 bits per heavy atom. The highest BCUT2D eigenvalue weighted by molar-refractivity contribution is 7.91. The van der Waals surface area contributed by atoms with Crippen molar-refractivity contribution >= 4 is 62.0 Å². The maximum absolute atomic E-state index is 12.6. The minimum Gasteiger partial charge on any atom is -0.507 e. The summed E-state index contributed by atoms with van der Waals surface area (Å²) in [4.78, 5) is 12.6. The molecule has 0 spiro atoms. The fourth-order valence-corrected chi connectivity index (χ4v) is 4.68. The van der Waals surface area contributed by atoms with Crippen LogP contribution in [0.3, 0.4) is 0 Å². The lowest BCUT2D eigenvalue weighted by Gasteiger charge is -2.11. The Morgan fingerprint density at radius 1 is 1.04 bits per heavy atom. The first kappa shape index (κ1) is 19.0. The van der Waals surface area contributed by atoms with E-state index in [0.29, 0.717) is 10.7 Å². The summed E-state index contributed by atoms with van der Waals surface area (Å²) in [6.07, 6.45) is -0.155. The molecule has 1 aliphatic rings. The van der Waals surface area contributed by atoms with Gasteiger partial charge in [-0.3, -0.25) is 4.79 Å². The van der Waals surface area contributed by atoms with Crippen LogP contribution in [-0.4, -0.2) is 25.2 Å². The second kappa shape index (κ2) is 7.12. The van der Waals surface area contributed by atoms with Gasteiger partial charge in [0, 0.05) is 15.6 Å². The number of fused-ring (bicyclic) bond motifs is 1. The van der Waals surface area contributed by atoms with Crippen LogP contribution < -0.4 is 5.32 Å². The number of benzene rings is 2. The van der Waals surface area contributed by atoms with E-state index in [2.05, 4.69) is 5.32 Å². The van der Waals surface area contributed by atoms with Gasteiger partial charge >= 0.3 is 0 Å². The molecule has 0 bridgehead atoms. The summed E-state index contributed by atoms with van der Waals surface area (Å²) in [5.74, 6) is -1.40. The summed E-state index contributed by atoms with van der Waals surface area (Å²) in [6.45, 7) is 0. The van der Waals surface area contributed by atoms with Crippen LogP contribution in [0.25, 0.3) is 5.76 Å². The predicted molar refractivity (Wildman–Crippen MR) is 103 cm³/mol. The molecule has 0 fully saturated rings. The SMILES string of the molecule is O=C(Nc1ccc(Cl)cc1Cl)C1=C(O)c2cc(Cl)ccc2S(=O)(=O)CC1. The number of halogens is 3. The Morgan fingerprint density at radius 2 is 1.69 bits per heavy atom. The quantitative estimate of drug-likeness (QED) is 0.718. The zero-order valence-electron chi connectivity index (χ0n) is 13.1. The third-order valence-electron chi connectivity index (χ3n) is 3.89. The number of rotatable bonds is 2. The maximum Gasteiger partial charge on any atom is 0.255 e. The van der Waals surface area contributed by atoms with Crippen LogP contribution in [-0.2, 0) is 14.6 Å². The molecule has 2 aromatic carbocycles. The Hall–Kier alpha value is -1.73. The molecular formula is C17H12Cl3NO4S. The molecule has 9 heteroatoms. The minimum atomic E-state index is -3.67. The predicted octanol–water partition coefficient (Wildman–Crippen LogP) is 4.73. The van der Waals surface area contributed by atoms with Gasteiger partial charge in [0.05, 0.1) is 26.9 Å². The molecule has 2 N–H and O–H groups in total. The first-order valence-corrected chi connectivity index (χ1v) is 10.2. The van der Waals surface area contributed by atoms with Gasteiger partial charge in [-0.2, -0.15) is 0 Å². The van der Waals surface area contributed by atoms with Crippen LogP contribution >= 0.6 is 34.8 Å². The second-order valence-corrected chi connectivity index (χ2v) is 8.97. The molecule has 136 valence electrons. The van der Waals surface area contributed by atoms with Gasteiger partial charge in [0.2, 0.25) is 0 Å². The average Bonchev–Trinajstić information content (AvgIpc) is 2.65. The fourth-order valence-electron chi connectivity index (χ4n) is 2.60. The highest BCUT2D eigenvalue weighted by Crippen LogP contribution is 2.34. The topological polar surface area (TPSA) is 83.5 Å². The van der Waals surface area contributed by atoms with Gasteiger partial charge in [0.25, 0.3) is 5.91 Å². The van der Waals surface area contributed by atoms with Crippen molar-refractivity contribution in [2.45, 2.75) is 11.3 Å². The third-order valence-corrected chi connectivity index (χ3v) is 6.44. The molecule has 2 aromatic rings. The molecule has 0 saturated carbocycles. The second-order valence-electron chi connectivity index (χ2n) is 5.61. The summed E-state index contributed by atoms with van der Waals surface area (Å²) < 4.78 is 24.8. The Labute approximate surface area is 165 Å². The first-order valence-electron chi connectivity index (χ1n) is 7.40. The third kappa shape index (κ3) is 3.69. The number of aliphatic hydroxyl groups is 1. The molecule has 0 unspecified atom stereocenters. The number of nitrogens with one attached hydrogen (secondary N) is 1. The highest BCUT2D eigenvalue weighted by atomic mass is 35.5. The van der Waals surface area contributed by atoms with Crippen LogP contribution in [0.5, 0.6) is 0 Å². The zero-order chi connectivity index (χ0) is 19.1. The first-order chi connectivity index (χ1) is 12.2. The van der Waals surface area contributed by atoms with E-state index < -0.39 is 21.5 Å². The van der Waals surface area contributed by atoms with E-state index in [-0.39, 0.29) is 38.3 Å². The lowest BCUT2D eigenvalue weighted by atomic mass is 10.1. The molecule has 0 atom stereocenters. The van der Waals surface area contributed by atoms with E-state index >= 15 is 0 Å². The number of anilines is 1. The van der Waals surface area contributed by atoms with Crippen molar-refractivity contribution in [1.82, 2.24) is 0 Å². The van der Waals surface area contributed by atoms with Crippen molar-refractivity contribution in [3.63, 3.8) is 0 Å². The normalized spacial score (nSPS) is 16.0. The molecular weight excluding hydrogens is 421 g/mol. The molecule has 0 radical (unpaired) electrons. The molecule has 3 rings (SSSR count). The van der Waals surface area contributed by atoms with Crippen LogP contribution in [0, 0.1) is 0 Å². The lowest BCUT2D eigenvalue weighted by molar-refractivity contribution is -0.113. The minimum absolute atomic E-state index is 0.00218. The summed E-state index contributed by atoms with van der Waals surface area (Å²) in [7, 11) is -3.67. The molecule has 0 saturated heterocycles. The standard InChI is InChI=1S/C17H12Cl3NO4S/c18-9-2-4-15-12(7-9)16(22)11(5-6-26(15,24)25)17(23)21-14-3-1-10(19)8-13(14)20/h1-4,7-8,22H,5-6H2,(H,21,23). The number of aliphatic hydroxyl groups excluding tert-OH is 1. The highest BCUT2D eigenvalue weighted by Gasteiger charge is 2.30. The molecule has 0 aliphatic carbocycles. The van der Waals surface area contributed by atoms with Gasteiger partial charge in [-0.15, -0.1) is 0 Å². The van der Waals surface area contributed by atoms with Crippen LogP contribution in [0.4, 0.5) is 5.69 Å². The smallest absolute Gasteiger partial charge is 0.255 e. The van der Waals surface area contributed by atoms with Gasteiger partial charge in [0.15, 0.2) is 9.84 Å². The van der Waals surface area contributed by atoms with Gasteiger partial charge in [-0.05, 0) is 42.8 Å². The van der Waals surface area contributed by atoms with Crippen molar-refractivity contribution < 1.29 is 18.3 Å². The molecule has 26 heavy (non-hydrogen) atoms. The molecule has 0 aromatic heterocycles. The number of hydrogen-bond acceptors (Lipinski definition) is 4. The molecule has 1 aliphatic heterocycles. The van der Waals surface area contributed by atoms with Crippen LogP contribution in [0.15, 0.2) is 46.9 Å². The van der Waals surface area contributed by atoms with Crippen molar-refractivity contribution in [3.8, 4) is 0 Å². The molecule has 5 nitrogen and oxygen atoms in total. The van der Waals surface area contributed by atoms with E-state index in [1.807, 2.05) is 0 Å². The number of carbonyl (C=O) groups is 1. The Balaban J connectivity index is 2.04. The zero-order valence-corrected chi connectivity index (χ0v) is 16.2.